The van der Waals surface area contributed by atoms with Crippen molar-refractivity contribution in [3.8, 4) is 11.3 Å². The van der Waals surface area contributed by atoms with E-state index in [1.165, 1.54) is 0 Å². The van der Waals surface area contributed by atoms with Crippen LogP contribution in [0.3, 0.4) is 0 Å². The molecule has 6 rings (SSSR count). The normalized spacial score (nSPS) is 18.8. The molecule has 0 saturated carbocycles. The maximum Gasteiger partial charge on any atom is 0.259 e. The number of amides is 1. The van der Waals surface area contributed by atoms with Crippen molar-refractivity contribution in [2.45, 2.75) is 32.7 Å². The monoisotopic (exact) mass is 486 g/mol. The Kier molecular flexibility index (Phi) is 5.03. The van der Waals surface area contributed by atoms with E-state index in [0.29, 0.717) is 41.0 Å². The van der Waals surface area contributed by atoms with Gasteiger partial charge in [0, 0.05) is 17.8 Å². The third kappa shape index (κ3) is 3.72. The van der Waals surface area contributed by atoms with Crippen molar-refractivity contribution in [1.82, 2.24) is 14.8 Å². The minimum absolute atomic E-state index is 0.0441. The molecule has 0 aliphatic carbocycles. The van der Waals surface area contributed by atoms with E-state index in [1.807, 2.05) is 67.3 Å². The highest BCUT2D eigenvalue weighted by Crippen LogP contribution is 2.35. The smallest absolute Gasteiger partial charge is 0.259 e. The Morgan fingerprint density at radius 1 is 1.06 bits per heavy atom. The third-order valence-electron chi connectivity index (χ3n) is 7.10. The molecule has 0 spiro atoms. The number of pyridine rings is 1. The molecule has 178 valence electrons. The molecule has 1 amide bonds. The molecule has 2 aliphatic rings. The molecule has 1 unspecified atom stereocenters. The predicted octanol–water partition coefficient (Wildman–Crippen LogP) is 4.28. The predicted molar refractivity (Wildman–Crippen MR) is 137 cm³/mol. The molecule has 0 N–H and O–H groups in total. The number of carbonyl (C=O) groups excluding carboxylic acids is 1. The molecule has 4 heterocycles. The van der Waals surface area contributed by atoms with Gasteiger partial charge in [-0.15, -0.1) is 0 Å². The first-order chi connectivity index (χ1) is 16.8. The van der Waals surface area contributed by atoms with Gasteiger partial charge in [-0.2, -0.15) is 5.10 Å². The molecule has 4 aromatic rings. The van der Waals surface area contributed by atoms with Gasteiger partial charge in [-0.1, -0.05) is 48.0 Å². The lowest BCUT2D eigenvalue weighted by molar-refractivity contribution is 0.0991. The molecule has 1 fully saturated rings. The Labute approximate surface area is 204 Å². The number of anilines is 1. The number of carbonyl (C=O) groups is 1. The standard InChI is InChI=1S/C27H26N4O3S/c1-17-7-9-19(10-8-17)23-15-22(27(32)30-13-11-20-5-3-4-6-24(20)30)25-18(2)29-31(26(25)28-23)21-12-14-35(33,34)16-21/h3-10,15,21H,11-14,16H2,1-2H3. The maximum absolute atomic E-state index is 14.0. The van der Waals surface area contributed by atoms with Gasteiger partial charge >= 0.3 is 0 Å². The first-order valence-corrected chi connectivity index (χ1v) is 13.7. The summed E-state index contributed by atoms with van der Waals surface area (Å²) >= 11 is 0. The Morgan fingerprint density at radius 3 is 2.57 bits per heavy atom. The number of fused-ring (bicyclic) bond motifs is 2. The summed E-state index contributed by atoms with van der Waals surface area (Å²) in [4.78, 5) is 20.8. The van der Waals surface area contributed by atoms with Crippen LogP contribution in [0.2, 0.25) is 0 Å². The number of rotatable bonds is 3. The Bertz CT molecular complexity index is 1590. The molecule has 1 saturated heterocycles. The fourth-order valence-corrected chi connectivity index (χ4v) is 6.96. The number of hydrogen-bond acceptors (Lipinski definition) is 5. The van der Waals surface area contributed by atoms with Crippen LogP contribution in [-0.2, 0) is 16.3 Å². The van der Waals surface area contributed by atoms with Crippen LogP contribution in [0.5, 0.6) is 0 Å². The van der Waals surface area contributed by atoms with Crippen LogP contribution >= 0.6 is 0 Å². The van der Waals surface area contributed by atoms with Crippen LogP contribution in [-0.4, -0.2) is 47.1 Å². The van der Waals surface area contributed by atoms with Crippen molar-refractivity contribution < 1.29 is 13.2 Å². The Morgan fingerprint density at radius 2 is 1.83 bits per heavy atom. The summed E-state index contributed by atoms with van der Waals surface area (Å²) in [6.07, 6.45) is 1.32. The first kappa shape index (κ1) is 22.0. The molecule has 1 atom stereocenters. The van der Waals surface area contributed by atoms with Crippen molar-refractivity contribution in [3.63, 3.8) is 0 Å². The van der Waals surface area contributed by atoms with E-state index in [1.54, 1.807) is 4.68 Å². The average Bonchev–Trinajstić information content (AvgIpc) is 3.53. The first-order valence-electron chi connectivity index (χ1n) is 11.9. The number of sulfone groups is 1. The summed E-state index contributed by atoms with van der Waals surface area (Å²) in [6.45, 7) is 4.51. The van der Waals surface area contributed by atoms with E-state index >= 15 is 0 Å². The highest BCUT2D eigenvalue weighted by Gasteiger charge is 2.34. The van der Waals surface area contributed by atoms with Crippen LogP contribution in [0, 0.1) is 13.8 Å². The highest BCUT2D eigenvalue weighted by atomic mass is 32.2. The van der Waals surface area contributed by atoms with Crippen LogP contribution in [0.25, 0.3) is 22.3 Å². The zero-order valence-corrected chi connectivity index (χ0v) is 20.5. The number of aromatic nitrogens is 3. The van der Waals surface area contributed by atoms with Crippen molar-refractivity contribution in [3.05, 3.63) is 77.0 Å². The molecular formula is C27H26N4O3S. The SMILES string of the molecule is Cc1ccc(-c2cc(C(=O)N3CCc4ccccc43)c3c(C)nn(C4CCS(=O)(=O)C4)c3n2)cc1. The zero-order valence-electron chi connectivity index (χ0n) is 19.7. The van der Waals surface area contributed by atoms with Crippen LogP contribution < -0.4 is 4.90 Å². The van der Waals surface area contributed by atoms with Crippen LogP contribution in [0.1, 0.15) is 39.6 Å². The second-order valence-electron chi connectivity index (χ2n) is 9.54. The van der Waals surface area contributed by atoms with Gasteiger partial charge in [0.2, 0.25) is 0 Å². The molecule has 35 heavy (non-hydrogen) atoms. The van der Waals surface area contributed by atoms with Gasteiger partial charge in [0.25, 0.3) is 5.91 Å². The molecule has 2 aromatic heterocycles. The fourth-order valence-electron chi connectivity index (χ4n) is 5.27. The molecule has 0 radical (unpaired) electrons. The second kappa shape index (κ2) is 8.02. The third-order valence-corrected chi connectivity index (χ3v) is 8.85. The summed E-state index contributed by atoms with van der Waals surface area (Å²) in [5, 5.41) is 5.41. The second-order valence-corrected chi connectivity index (χ2v) is 11.8. The van der Waals surface area contributed by atoms with Crippen molar-refractivity contribution in [2.75, 3.05) is 23.0 Å². The Hall–Kier alpha value is -3.52. The van der Waals surface area contributed by atoms with Crippen molar-refractivity contribution in [1.29, 1.82) is 0 Å². The maximum atomic E-state index is 14.0. The van der Waals surface area contributed by atoms with E-state index in [2.05, 4.69) is 6.07 Å². The van der Waals surface area contributed by atoms with E-state index in [0.717, 1.165) is 28.8 Å². The van der Waals surface area contributed by atoms with E-state index in [9.17, 15) is 13.2 Å². The summed E-state index contributed by atoms with van der Waals surface area (Å²) in [7, 11) is -3.11. The number of aryl methyl sites for hydroxylation is 2. The number of benzene rings is 2. The van der Waals surface area contributed by atoms with Gasteiger partial charge in [0.05, 0.1) is 39.9 Å². The summed E-state index contributed by atoms with van der Waals surface area (Å²) in [5.41, 5.74) is 6.61. The van der Waals surface area contributed by atoms with Gasteiger partial charge in [0.1, 0.15) is 0 Å². The lowest BCUT2D eigenvalue weighted by Crippen LogP contribution is -2.29. The van der Waals surface area contributed by atoms with Gasteiger partial charge in [-0.3, -0.25) is 4.79 Å². The van der Waals surface area contributed by atoms with Crippen LogP contribution in [0.15, 0.2) is 54.6 Å². The lowest BCUT2D eigenvalue weighted by atomic mass is 10.0. The molecule has 0 bridgehead atoms. The largest absolute Gasteiger partial charge is 0.308 e. The number of para-hydroxylation sites is 1. The minimum Gasteiger partial charge on any atom is -0.308 e. The van der Waals surface area contributed by atoms with Crippen molar-refractivity contribution >= 4 is 32.5 Å². The quantitative estimate of drug-likeness (QED) is 0.432. The van der Waals surface area contributed by atoms with Crippen LogP contribution in [0.4, 0.5) is 5.69 Å². The number of nitrogens with zero attached hydrogens (tertiary/aromatic N) is 4. The molecule has 8 heteroatoms. The lowest BCUT2D eigenvalue weighted by Gasteiger charge is -2.19. The van der Waals surface area contributed by atoms with Gasteiger partial charge < -0.3 is 4.90 Å². The summed E-state index contributed by atoms with van der Waals surface area (Å²) < 4.78 is 26.2. The summed E-state index contributed by atoms with van der Waals surface area (Å²) in [5.74, 6) is 0.103. The van der Waals surface area contributed by atoms with Crippen molar-refractivity contribution in [2.24, 2.45) is 0 Å². The minimum atomic E-state index is -3.11. The van der Waals surface area contributed by atoms with Gasteiger partial charge in [0.15, 0.2) is 15.5 Å². The zero-order chi connectivity index (χ0) is 24.3. The highest BCUT2D eigenvalue weighted by molar-refractivity contribution is 7.91. The average molecular weight is 487 g/mol. The fraction of sp³-hybridized carbons (Fsp3) is 0.296. The van der Waals surface area contributed by atoms with Gasteiger partial charge in [-0.05, 0) is 44.4 Å². The van der Waals surface area contributed by atoms with E-state index in [4.69, 9.17) is 10.1 Å². The molecule has 7 nitrogen and oxygen atoms in total. The van der Waals surface area contributed by atoms with E-state index in [-0.39, 0.29) is 23.5 Å². The summed E-state index contributed by atoms with van der Waals surface area (Å²) in [6, 6.07) is 17.6. The number of hydrogen-bond donors (Lipinski definition) is 0. The van der Waals surface area contributed by atoms with Gasteiger partial charge in [-0.25, -0.2) is 18.1 Å². The molecule has 2 aromatic carbocycles. The topological polar surface area (TPSA) is 85.2 Å². The van der Waals surface area contributed by atoms with E-state index < -0.39 is 9.84 Å². The molecule has 2 aliphatic heterocycles. The molecular weight excluding hydrogens is 460 g/mol. The Balaban J connectivity index is 1.55.